The Hall–Kier alpha value is -1.25. The van der Waals surface area contributed by atoms with Crippen molar-refractivity contribution in [2.45, 2.75) is 32.1 Å². The molecule has 0 aliphatic carbocycles. The maximum absolute atomic E-state index is 6.02. The van der Waals surface area contributed by atoms with E-state index in [0.717, 1.165) is 5.84 Å². The van der Waals surface area contributed by atoms with Gasteiger partial charge in [-0.2, -0.15) is 0 Å². The molecule has 0 saturated heterocycles. The van der Waals surface area contributed by atoms with Crippen LogP contribution >= 0.6 is 0 Å². The van der Waals surface area contributed by atoms with Gasteiger partial charge in [0.1, 0.15) is 8.07 Å². The molecule has 0 amide bonds. The molecule has 0 saturated carbocycles. The van der Waals surface area contributed by atoms with Crippen molar-refractivity contribution >= 4 is 13.9 Å². The van der Waals surface area contributed by atoms with Gasteiger partial charge in [0.15, 0.2) is 5.54 Å². The van der Waals surface area contributed by atoms with Gasteiger partial charge >= 0.3 is 0 Å². The number of nitrogens with two attached hydrogens (primary N) is 1. The zero-order chi connectivity index (χ0) is 13.1. The van der Waals surface area contributed by atoms with Gasteiger partial charge in [-0.05, 0) is 6.92 Å². The molecule has 0 aromatic heterocycles. The molecule has 94 valence electrons. The Bertz CT molecular complexity index is 412. The van der Waals surface area contributed by atoms with Crippen molar-refractivity contribution < 1.29 is 4.74 Å². The SMILES string of the molecule is COCC1(C#C[Si](C)(C)C)NC(C)=NC=C1N. The summed E-state index contributed by atoms with van der Waals surface area (Å²) >= 11 is 0. The molecular weight excluding hydrogens is 230 g/mol. The third-order valence-corrected chi connectivity index (χ3v) is 3.17. The lowest BCUT2D eigenvalue weighted by Crippen LogP contribution is -2.55. The van der Waals surface area contributed by atoms with Crippen LogP contribution < -0.4 is 11.1 Å². The van der Waals surface area contributed by atoms with Crippen molar-refractivity contribution in [3.63, 3.8) is 0 Å². The number of hydrogen-bond acceptors (Lipinski definition) is 4. The zero-order valence-corrected chi connectivity index (χ0v) is 12.2. The molecule has 1 unspecified atom stereocenters. The van der Waals surface area contributed by atoms with Crippen LogP contribution in [-0.4, -0.2) is 33.2 Å². The van der Waals surface area contributed by atoms with Crippen LogP contribution in [-0.2, 0) is 4.74 Å². The predicted octanol–water partition coefficient (Wildman–Crippen LogP) is 1.07. The topological polar surface area (TPSA) is 59.6 Å². The van der Waals surface area contributed by atoms with E-state index in [0.29, 0.717) is 12.3 Å². The van der Waals surface area contributed by atoms with E-state index in [4.69, 9.17) is 10.5 Å². The van der Waals surface area contributed by atoms with Gasteiger partial charge in [0.25, 0.3) is 0 Å². The van der Waals surface area contributed by atoms with Crippen LogP contribution in [0.1, 0.15) is 6.92 Å². The van der Waals surface area contributed by atoms with Gasteiger partial charge in [0.05, 0.1) is 24.3 Å². The highest BCUT2D eigenvalue weighted by atomic mass is 28.3. The van der Waals surface area contributed by atoms with E-state index in [-0.39, 0.29) is 0 Å². The zero-order valence-electron chi connectivity index (χ0n) is 11.2. The number of nitrogens with one attached hydrogen (secondary N) is 1. The van der Waals surface area contributed by atoms with Crippen LogP contribution in [0.4, 0.5) is 0 Å². The van der Waals surface area contributed by atoms with Gasteiger partial charge in [-0.25, -0.2) is 4.99 Å². The summed E-state index contributed by atoms with van der Waals surface area (Å²) in [5, 5.41) is 3.23. The summed E-state index contributed by atoms with van der Waals surface area (Å²) in [6, 6.07) is 0. The van der Waals surface area contributed by atoms with E-state index < -0.39 is 13.6 Å². The minimum Gasteiger partial charge on any atom is -0.398 e. The number of ether oxygens (including phenoxy) is 1. The largest absolute Gasteiger partial charge is 0.398 e. The maximum Gasteiger partial charge on any atom is 0.164 e. The molecule has 4 nitrogen and oxygen atoms in total. The minimum atomic E-state index is -1.45. The Morgan fingerprint density at radius 2 is 2.18 bits per heavy atom. The summed E-state index contributed by atoms with van der Waals surface area (Å²) in [6.07, 6.45) is 1.66. The fourth-order valence-electron chi connectivity index (χ4n) is 1.46. The number of hydrogen-bond donors (Lipinski definition) is 2. The third-order valence-electron chi connectivity index (χ3n) is 2.30. The van der Waals surface area contributed by atoms with Crippen LogP contribution in [0.15, 0.2) is 16.9 Å². The fraction of sp³-hybridized carbons (Fsp3) is 0.583. The van der Waals surface area contributed by atoms with Crippen molar-refractivity contribution in [3.8, 4) is 11.5 Å². The average Bonchev–Trinajstić information content (AvgIpc) is 2.20. The summed E-state index contributed by atoms with van der Waals surface area (Å²) < 4.78 is 5.24. The number of amidine groups is 1. The molecule has 0 aromatic rings. The molecule has 1 heterocycles. The summed E-state index contributed by atoms with van der Waals surface area (Å²) in [5.41, 5.74) is 9.34. The second kappa shape index (κ2) is 4.94. The van der Waals surface area contributed by atoms with Gasteiger partial charge in [-0.3, -0.25) is 0 Å². The predicted molar refractivity (Wildman–Crippen MR) is 74.2 cm³/mol. The number of methoxy groups -OCH3 is 1. The summed E-state index contributed by atoms with van der Waals surface area (Å²) in [6.45, 7) is 8.90. The van der Waals surface area contributed by atoms with E-state index in [1.807, 2.05) is 6.92 Å². The van der Waals surface area contributed by atoms with Crippen LogP contribution in [0, 0.1) is 11.5 Å². The molecule has 1 rings (SSSR count). The smallest absolute Gasteiger partial charge is 0.164 e. The molecule has 5 heteroatoms. The van der Waals surface area contributed by atoms with Crippen LogP contribution in [0.5, 0.6) is 0 Å². The fourth-order valence-corrected chi connectivity index (χ4v) is 2.05. The van der Waals surface area contributed by atoms with Gasteiger partial charge in [-0.1, -0.05) is 25.6 Å². The molecule has 3 N–H and O–H groups in total. The van der Waals surface area contributed by atoms with Crippen LogP contribution in [0.3, 0.4) is 0 Å². The molecule has 0 fully saturated rings. The lowest BCUT2D eigenvalue weighted by atomic mass is 9.97. The molecule has 0 aromatic carbocycles. The molecule has 1 aliphatic rings. The standard InChI is InChI=1S/C12H21N3OSi/c1-10-14-8-11(13)12(15-10,9-16-2)6-7-17(3,4)5/h8H,9,13H2,1-5H3,(H,14,15). The summed E-state index contributed by atoms with van der Waals surface area (Å²) in [5.74, 6) is 4.06. The van der Waals surface area contributed by atoms with Crippen molar-refractivity contribution in [2.75, 3.05) is 13.7 Å². The van der Waals surface area contributed by atoms with Gasteiger partial charge < -0.3 is 15.8 Å². The minimum absolute atomic E-state index is 0.416. The van der Waals surface area contributed by atoms with E-state index in [9.17, 15) is 0 Å². The molecular formula is C12H21N3OSi. The first kappa shape index (κ1) is 13.8. The van der Waals surface area contributed by atoms with Crippen molar-refractivity contribution in [1.82, 2.24) is 5.32 Å². The number of rotatable bonds is 2. The molecule has 0 radical (unpaired) electrons. The Labute approximate surface area is 104 Å². The molecule has 17 heavy (non-hydrogen) atoms. The lowest BCUT2D eigenvalue weighted by Gasteiger charge is -2.32. The first-order valence-corrected chi connectivity index (χ1v) is 9.11. The van der Waals surface area contributed by atoms with E-state index in [1.165, 1.54) is 0 Å². The Kier molecular flexibility index (Phi) is 4.01. The lowest BCUT2D eigenvalue weighted by molar-refractivity contribution is 0.161. The van der Waals surface area contributed by atoms with Crippen LogP contribution in [0.25, 0.3) is 0 Å². The number of aliphatic imine (C=N–C) groups is 1. The molecule has 0 bridgehead atoms. The maximum atomic E-state index is 6.02. The number of nitrogens with zero attached hydrogens (tertiary/aromatic N) is 1. The Morgan fingerprint density at radius 1 is 1.53 bits per heavy atom. The summed E-state index contributed by atoms with van der Waals surface area (Å²) in [7, 11) is 0.199. The van der Waals surface area contributed by atoms with Gasteiger partial charge in [0.2, 0.25) is 0 Å². The highest BCUT2D eigenvalue weighted by molar-refractivity contribution is 6.83. The Morgan fingerprint density at radius 3 is 2.71 bits per heavy atom. The van der Waals surface area contributed by atoms with Crippen molar-refractivity contribution in [3.05, 3.63) is 11.9 Å². The molecule has 1 atom stereocenters. The highest BCUT2D eigenvalue weighted by Gasteiger charge is 2.34. The van der Waals surface area contributed by atoms with E-state index in [2.05, 4.69) is 41.4 Å². The second-order valence-corrected chi connectivity index (χ2v) is 10.0. The van der Waals surface area contributed by atoms with E-state index >= 15 is 0 Å². The van der Waals surface area contributed by atoms with Crippen molar-refractivity contribution in [1.29, 1.82) is 0 Å². The second-order valence-electron chi connectivity index (χ2n) is 5.26. The van der Waals surface area contributed by atoms with Gasteiger partial charge in [0, 0.05) is 7.11 Å². The monoisotopic (exact) mass is 251 g/mol. The van der Waals surface area contributed by atoms with Gasteiger partial charge in [-0.15, -0.1) is 5.54 Å². The summed E-state index contributed by atoms with van der Waals surface area (Å²) in [4.78, 5) is 4.14. The first-order valence-electron chi connectivity index (χ1n) is 5.61. The quantitative estimate of drug-likeness (QED) is 0.570. The molecule has 1 aliphatic heterocycles. The first-order chi connectivity index (χ1) is 7.79. The Balaban J connectivity index is 3.10. The van der Waals surface area contributed by atoms with E-state index in [1.54, 1.807) is 13.3 Å². The highest BCUT2D eigenvalue weighted by Crippen LogP contribution is 2.17. The average molecular weight is 251 g/mol. The van der Waals surface area contributed by atoms with Crippen molar-refractivity contribution in [2.24, 2.45) is 10.7 Å². The van der Waals surface area contributed by atoms with Crippen LogP contribution in [0.2, 0.25) is 19.6 Å². The molecule has 0 spiro atoms. The normalized spacial score (nSPS) is 24.1. The third kappa shape index (κ3) is 3.61.